The maximum absolute atomic E-state index is 10.2. The third-order valence-corrected chi connectivity index (χ3v) is 3.84. The monoisotopic (exact) mass is 440 g/mol. The van der Waals surface area contributed by atoms with Gasteiger partial charge in [-0.15, -0.1) is 0 Å². The van der Waals surface area contributed by atoms with Crippen molar-refractivity contribution in [3.05, 3.63) is 56.5 Å². The predicted molar refractivity (Wildman–Crippen MR) is 99.2 cm³/mol. The topological polar surface area (TPSA) is 93.1 Å². The highest BCUT2D eigenvalue weighted by molar-refractivity contribution is 6.42. The molecule has 0 aliphatic carbocycles. The Balaban J connectivity index is 0.000000260. The van der Waals surface area contributed by atoms with Gasteiger partial charge in [-0.05, 0) is 30.3 Å². The van der Waals surface area contributed by atoms with Gasteiger partial charge in [-0.25, -0.2) is 9.59 Å². The van der Waals surface area contributed by atoms with Gasteiger partial charge in [0.25, 0.3) is 0 Å². The molecule has 0 spiro atoms. The Morgan fingerprint density at radius 3 is 1.92 bits per heavy atom. The fourth-order valence-electron chi connectivity index (χ4n) is 1.47. The van der Waals surface area contributed by atoms with E-state index in [2.05, 4.69) is 0 Å². The molecule has 26 heavy (non-hydrogen) atoms. The number of carbonyl (C=O) groups is 2. The molecule has 6 nitrogen and oxygen atoms in total. The number of halogens is 4. The maximum Gasteiger partial charge on any atom is 0.341 e. The zero-order chi connectivity index (χ0) is 19.7. The van der Waals surface area contributed by atoms with Crippen LogP contribution < -0.4 is 9.47 Å². The first-order valence-electron chi connectivity index (χ1n) is 6.79. The highest BCUT2D eigenvalue weighted by Crippen LogP contribution is 2.31. The van der Waals surface area contributed by atoms with Crippen LogP contribution in [0.1, 0.15) is 0 Å². The predicted octanol–water partition coefficient (Wildman–Crippen LogP) is 4.91. The van der Waals surface area contributed by atoms with Crippen LogP contribution in [0.5, 0.6) is 11.5 Å². The normalized spacial score (nSPS) is 9.69. The summed E-state index contributed by atoms with van der Waals surface area (Å²) >= 11 is 22.7. The van der Waals surface area contributed by atoms with Crippen LogP contribution in [-0.4, -0.2) is 35.4 Å². The summed E-state index contributed by atoms with van der Waals surface area (Å²) in [5.41, 5.74) is 0. The van der Waals surface area contributed by atoms with Gasteiger partial charge in [0, 0.05) is 5.02 Å². The molecule has 0 unspecified atom stereocenters. The minimum Gasteiger partial charge on any atom is -0.480 e. The van der Waals surface area contributed by atoms with E-state index in [9.17, 15) is 9.59 Å². The Morgan fingerprint density at radius 1 is 0.808 bits per heavy atom. The van der Waals surface area contributed by atoms with E-state index in [1.165, 1.54) is 12.1 Å². The van der Waals surface area contributed by atoms with Gasteiger partial charge < -0.3 is 19.7 Å². The molecule has 0 amide bonds. The second kappa shape index (κ2) is 11.0. The third-order valence-electron chi connectivity index (χ3n) is 2.51. The average Bonchev–Trinajstić information content (AvgIpc) is 2.56. The van der Waals surface area contributed by atoms with Gasteiger partial charge in [0.1, 0.15) is 16.5 Å². The molecule has 2 rings (SSSR count). The summed E-state index contributed by atoms with van der Waals surface area (Å²) in [5, 5.41) is 18.0. The maximum atomic E-state index is 10.2. The molecular formula is C16H12Cl4O6. The molecule has 0 aliphatic heterocycles. The van der Waals surface area contributed by atoms with Crippen molar-refractivity contribution in [3.8, 4) is 11.5 Å². The molecule has 0 heterocycles. The van der Waals surface area contributed by atoms with Crippen LogP contribution in [0.2, 0.25) is 20.1 Å². The molecule has 0 fully saturated rings. The number of hydrogen-bond acceptors (Lipinski definition) is 4. The second-order valence-electron chi connectivity index (χ2n) is 4.49. The number of carboxylic acids is 2. The molecule has 2 N–H and O–H groups in total. The zero-order valence-corrected chi connectivity index (χ0v) is 15.9. The zero-order valence-electron chi connectivity index (χ0n) is 12.9. The fraction of sp³-hybridized carbons (Fsp3) is 0.125. The lowest BCUT2D eigenvalue weighted by Crippen LogP contribution is -2.09. The van der Waals surface area contributed by atoms with Crippen molar-refractivity contribution < 1.29 is 29.3 Å². The number of rotatable bonds is 6. The van der Waals surface area contributed by atoms with E-state index in [0.29, 0.717) is 20.8 Å². The minimum absolute atomic E-state index is 0.227. The SMILES string of the molecule is O=C(O)COc1ccc(Cl)cc1Cl.O=C(O)COc1cccc(Cl)c1Cl. The largest absolute Gasteiger partial charge is 0.480 e. The van der Waals surface area contributed by atoms with Crippen molar-refractivity contribution in [1.82, 2.24) is 0 Å². The minimum atomic E-state index is -1.06. The van der Waals surface area contributed by atoms with E-state index in [1.54, 1.807) is 24.3 Å². The van der Waals surface area contributed by atoms with Gasteiger partial charge in [-0.3, -0.25) is 0 Å². The van der Waals surface area contributed by atoms with E-state index >= 15 is 0 Å². The first kappa shape index (κ1) is 22.2. The molecule has 0 bridgehead atoms. The fourth-order valence-corrected chi connectivity index (χ4v) is 2.28. The molecule has 0 aliphatic rings. The summed E-state index contributed by atoms with van der Waals surface area (Å²) in [5.74, 6) is -1.52. The highest BCUT2D eigenvalue weighted by Gasteiger charge is 2.06. The number of aliphatic carboxylic acids is 2. The van der Waals surface area contributed by atoms with Crippen molar-refractivity contribution in [2.75, 3.05) is 13.2 Å². The Hall–Kier alpha value is -1.86. The van der Waals surface area contributed by atoms with Crippen molar-refractivity contribution in [3.63, 3.8) is 0 Å². The van der Waals surface area contributed by atoms with Gasteiger partial charge in [0.05, 0.1) is 10.0 Å². The second-order valence-corrected chi connectivity index (χ2v) is 6.12. The Morgan fingerprint density at radius 2 is 1.38 bits per heavy atom. The summed E-state index contributed by atoms with van der Waals surface area (Å²) in [6, 6.07) is 9.36. The van der Waals surface area contributed by atoms with Crippen LogP contribution in [0, 0.1) is 0 Å². The lowest BCUT2D eigenvalue weighted by molar-refractivity contribution is -0.140. The van der Waals surface area contributed by atoms with Crippen molar-refractivity contribution in [2.45, 2.75) is 0 Å². The van der Waals surface area contributed by atoms with Crippen LogP contribution >= 0.6 is 46.4 Å². The van der Waals surface area contributed by atoms with E-state index < -0.39 is 25.2 Å². The lowest BCUT2D eigenvalue weighted by Gasteiger charge is -2.05. The number of hydrogen-bond donors (Lipinski definition) is 2. The number of carboxylic acid groups (broad SMARTS) is 2. The first-order chi connectivity index (χ1) is 12.2. The van der Waals surface area contributed by atoms with Crippen LogP contribution in [-0.2, 0) is 9.59 Å². The molecule has 0 atom stereocenters. The summed E-state index contributed by atoms with van der Waals surface area (Å²) in [6.07, 6.45) is 0. The summed E-state index contributed by atoms with van der Waals surface area (Å²) in [6.45, 7) is -0.846. The average molecular weight is 442 g/mol. The summed E-state index contributed by atoms with van der Waals surface area (Å²) in [7, 11) is 0. The molecule has 0 saturated carbocycles. The Kier molecular flexibility index (Phi) is 9.37. The third kappa shape index (κ3) is 8.01. The lowest BCUT2D eigenvalue weighted by atomic mass is 10.3. The van der Waals surface area contributed by atoms with Gasteiger partial charge >= 0.3 is 11.9 Å². The molecule has 2 aromatic rings. The molecule has 0 aromatic heterocycles. The smallest absolute Gasteiger partial charge is 0.341 e. The van der Waals surface area contributed by atoms with Gasteiger partial charge in [-0.2, -0.15) is 0 Å². The van der Waals surface area contributed by atoms with Crippen LogP contribution in [0.4, 0.5) is 0 Å². The molecule has 2 aromatic carbocycles. The Bertz CT molecular complexity index is 781. The molecule has 140 valence electrons. The first-order valence-corrected chi connectivity index (χ1v) is 8.30. The van der Waals surface area contributed by atoms with E-state index in [1.807, 2.05) is 0 Å². The molecule has 10 heteroatoms. The van der Waals surface area contributed by atoms with E-state index in [0.717, 1.165) is 0 Å². The van der Waals surface area contributed by atoms with Crippen molar-refractivity contribution >= 4 is 58.3 Å². The Labute approximate surface area is 168 Å². The standard InChI is InChI=1S/2C8H6Cl2O3/c9-5-1-2-7(6(10)3-5)13-4-8(11)12;9-5-2-1-3-6(8(5)10)13-4-7(11)12/h2*1-3H,4H2,(H,11,12). The van der Waals surface area contributed by atoms with Crippen molar-refractivity contribution in [1.29, 1.82) is 0 Å². The highest BCUT2D eigenvalue weighted by atomic mass is 35.5. The van der Waals surface area contributed by atoms with Crippen LogP contribution in [0.25, 0.3) is 0 Å². The van der Waals surface area contributed by atoms with E-state index in [-0.39, 0.29) is 10.8 Å². The van der Waals surface area contributed by atoms with Crippen molar-refractivity contribution in [2.24, 2.45) is 0 Å². The molecular weight excluding hydrogens is 430 g/mol. The number of ether oxygens (including phenoxy) is 2. The molecule has 0 saturated heterocycles. The van der Waals surface area contributed by atoms with Crippen LogP contribution in [0.15, 0.2) is 36.4 Å². The van der Waals surface area contributed by atoms with Gasteiger partial charge in [-0.1, -0.05) is 52.5 Å². The van der Waals surface area contributed by atoms with Crippen LogP contribution in [0.3, 0.4) is 0 Å². The number of benzene rings is 2. The van der Waals surface area contributed by atoms with Gasteiger partial charge in [0.15, 0.2) is 13.2 Å². The summed E-state index contributed by atoms with van der Waals surface area (Å²) < 4.78 is 9.73. The molecule has 0 radical (unpaired) electrons. The quantitative estimate of drug-likeness (QED) is 0.661. The van der Waals surface area contributed by atoms with E-state index in [4.69, 9.17) is 66.1 Å². The summed E-state index contributed by atoms with van der Waals surface area (Å²) in [4.78, 5) is 20.3. The van der Waals surface area contributed by atoms with Gasteiger partial charge in [0.2, 0.25) is 0 Å².